The molecule has 0 amide bonds. The average Bonchev–Trinajstić information content (AvgIpc) is 2.65. The Morgan fingerprint density at radius 3 is 2.21 bits per heavy atom. The normalized spacial score (nSPS) is 22.7. The third-order valence-corrected chi connectivity index (χ3v) is 4.62. The van der Waals surface area contributed by atoms with Crippen LogP contribution in [-0.2, 0) is 9.47 Å². The standard InChI is InChI=1S/C20H16O4/c1-23-20-15(12-7-3-2-4-8-12)11-16-17(21)13-9-5-6-10-14(13)18(22)19(16)24-20/h2-10,15,20H,11H2,1H3/t15-,20-/m1/s1. The number of carbonyl (C=O) groups excluding carboxylic acids is 2. The minimum absolute atomic E-state index is 0.128. The SMILES string of the molecule is CO[C@@H]1OC2=C(C[C@@H]1c1ccccc1)C(=O)c1ccccc1C2=O. The van der Waals surface area contributed by atoms with E-state index in [0.717, 1.165) is 5.56 Å². The van der Waals surface area contributed by atoms with Crippen molar-refractivity contribution in [3.8, 4) is 0 Å². The summed E-state index contributed by atoms with van der Waals surface area (Å²) in [7, 11) is 1.55. The lowest BCUT2D eigenvalue weighted by Crippen LogP contribution is -2.36. The van der Waals surface area contributed by atoms with Crippen molar-refractivity contribution >= 4 is 11.6 Å². The number of benzene rings is 2. The van der Waals surface area contributed by atoms with Gasteiger partial charge in [0.05, 0.1) is 5.92 Å². The predicted octanol–water partition coefficient (Wildman–Crippen LogP) is 3.50. The zero-order valence-electron chi connectivity index (χ0n) is 13.2. The summed E-state index contributed by atoms with van der Waals surface area (Å²) in [5.74, 6) is -0.362. The Morgan fingerprint density at radius 1 is 0.917 bits per heavy atom. The second-order valence-corrected chi connectivity index (χ2v) is 5.95. The molecule has 0 aromatic heterocycles. The first-order valence-electron chi connectivity index (χ1n) is 7.86. The van der Waals surface area contributed by atoms with Gasteiger partial charge < -0.3 is 9.47 Å². The number of Topliss-reactive ketones (excluding diaryl/α,β-unsaturated/α-hetero) is 2. The van der Waals surface area contributed by atoms with Gasteiger partial charge in [-0.05, 0) is 12.0 Å². The number of hydrogen-bond donors (Lipinski definition) is 0. The van der Waals surface area contributed by atoms with Gasteiger partial charge in [0, 0.05) is 23.8 Å². The maximum Gasteiger partial charge on any atom is 0.228 e. The number of ether oxygens (including phenoxy) is 2. The molecule has 0 unspecified atom stereocenters. The van der Waals surface area contributed by atoms with Crippen LogP contribution in [0.5, 0.6) is 0 Å². The quantitative estimate of drug-likeness (QED) is 0.850. The summed E-state index contributed by atoms with van der Waals surface area (Å²) >= 11 is 0. The summed E-state index contributed by atoms with van der Waals surface area (Å²) in [6.45, 7) is 0. The van der Waals surface area contributed by atoms with Crippen molar-refractivity contribution in [2.45, 2.75) is 18.6 Å². The van der Waals surface area contributed by atoms with Crippen LogP contribution in [0.15, 0.2) is 65.9 Å². The van der Waals surface area contributed by atoms with Gasteiger partial charge in [0.25, 0.3) is 0 Å². The molecule has 0 bridgehead atoms. The number of hydrogen-bond acceptors (Lipinski definition) is 4. The minimum Gasteiger partial charge on any atom is -0.460 e. The molecule has 1 heterocycles. The van der Waals surface area contributed by atoms with Gasteiger partial charge in [-0.15, -0.1) is 0 Å². The number of fused-ring (bicyclic) bond motifs is 1. The Labute approximate surface area is 139 Å². The van der Waals surface area contributed by atoms with Crippen LogP contribution in [0.25, 0.3) is 0 Å². The molecule has 0 radical (unpaired) electrons. The van der Waals surface area contributed by atoms with Gasteiger partial charge in [-0.3, -0.25) is 9.59 Å². The highest BCUT2D eigenvalue weighted by Gasteiger charge is 2.42. The lowest BCUT2D eigenvalue weighted by molar-refractivity contribution is -0.116. The molecule has 0 saturated heterocycles. The van der Waals surface area contributed by atoms with E-state index >= 15 is 0 Å². The van der Waals surface area contributed by atoms with Crippen molar-refractivity contribution in [1.82, 2.24) is 0 Å². The molecule has 24 heavy (non-hydrogen) atoms. The summed E-state index contributed by atoms with van der Waals surface area (Å²) in [6, 6.07) is 16.6. The molecule has 4 rings (SSSR count). The van der Waals surface area contributed by atoms with Crippen molar-refractivity contribution in [1.29, 1.82) is 0 Å². The fourth-order valence-corrected chi connectivity index (χ4v) is 3.42. The largest absolute Gasteiger partial charge is 0.460 e. The molecule has 0 spiro atoms. The summed E-state index contributed by atoms with van der Waals surface area (Å²) in [5.41, 5.74) is 2.32. The zero-order chi connectivity index (χ0) is 16.7. The maximum absolute atomic E-state index is 12.8. The van der Waals surface area contributed by atoms with E-state index in [1.54, 1.807) is 31.4 Å². The minimum atomic E-state index is -0.590. The molecular formula is C20H16O4. The van der Waals surface area contributed by atoms with Gasteiger partial charge in [0.15, 0.2) is 11.5 Å². The monoisotopic (exact) mass is 320 g/mol. The van der Waals surface area contributed by atoms with Crippen LogP contribution >= 0.6 is 0 Å². The first-order chi connectivity index (χ1) is 11.7. The number of carbonyl (C=O) groups is 2. The highest BCUT2D eigenvalue weighted by atomic mass is 16.7. The van der Waals surface area contributed by atoms with Crippen molar-refractivity contribution in [3.63, 3.8) is 0 Å². The number of methoxy groups -OCH3 is 1. The number of ketones is 2. The van der Waals surface area contributed by atoms with E-state index in [4.69, 9.17) is 9.47 Å². The maximum atomic E-state index is 12.8. The molecule has 0 saturated carbocycles. The lowest BCUT2D eigenvalue weighted by Gasteiger charge is -2.35. The summed E-state index contributed by atoms with van der Waals surface area (Å²) in [5, 5.41) is 0. The topological polar surface area (TPSA) is 52.6 Å². The van der Waals surface area contributed by atoms with Crippen LogP contribution in [0.4, 0.5) is 0 Å². The van der Waals surface area contributed by atoms with E-state index in [2.05, 4.69) is 0 Å². The van der Waals surface area contributed by atoms with E-state index in [0.29, 0.717) is 23.1 Å². The van der Waals surface area contributed by atoms with Crippen LogP contribution in [0, 0.1) is 0 Å². The van der Waals surface area contributed by atoms with Gasteiger partial charge >= 0.3 is 0 Å². The third-order valence-electron chi connectivity index (χ3n) is 4.62. The van der Waals surface area contributed by atoms with Gasteiger partial charge in [-0.25, -0.2) is 0 Å². The Hall–Kier alpha value is -2.72. The van der Waals surface area contributed by atoms with E-state index < -0.39 is 6.29 Å². The molecule has 2 aliphatic rings. The van der Waals surface area contributed by atoms with Crippen LogP contribution in [0.3, 0.4) is 0 Å². The molecule has 2 aromatic carbocycles. The molecule has 4 nitrogen and oxygen atoms in total. The second kappa shape index (κ2) is 5.73. The Balaban J connectivity index is 1.79. The average molecular weight is 320 g/mol. The van der Waals surface area contributed by atoms with Crippen LogP contribution < -0.4 is 0 Å². The van der Waals surface area contributed by atoms with Crippen LogP contribution in [0.1, 0.15) is 38.6 Å². The van der Waals surface area contributed by atoms with Crippen LogP contribution in [-0.4, -0.2) is 25.0 Å². The number of rotatable bonds is 2. The van der Waals surface area contributed by atoms with Gasteiger partial charge in [-0.2, -0.15) is 0 Å². The van der Waals surface area contributed by atoms with Gasteiger partial charge in [-0.1, -0.05) is 54.6 Å². The van der Waals surface area contributed by atoms with Crippen molar-refractivity contribution in [2.24, 2.45) is 0 Å². The van der Waals surface area contributed by atoms with E-state index in [9.17, 15) is 9.59 Å². The molecule has 2 aromatic rings. The van der Waals surface area contributed by atoms with E-state index in [-0.39, 0.29) is 23.2 Å². The first kappa shape index (κ1) is 14.8. The highest BCUT2D eigenvalue weighted by molar-refractivity contribution is 6.26. The molecule has 2 atom stereocenters. The van der Waals surface area contributed by atoms with Crippen molar-refractivity contribution < 1.29 is 19.1 Å². The molecule has 0 N–H and O–H groups in total. The molecule has 1 aliphatic heterocycles. The molecule has 120 valence electrons. The molecule has 1 aliphatic carbocycles. The van der Waals surface area contributed by atoms with Crippen molar-refractivity contribution in [3.05, 3.63) is 82.6 Å². The predicted molar refractivity (Wildman–Crippen MR) is 87.8 cm³/mol. The fraction of sp³-hybridized carbons (Fsp3) is 0.200. The van der Waals surface area contributed by atoms with E-state index in [1.165, 1.54) is 0 Å². The molecule has 0 fully saturated rings. The summed E-state index contributed by atoms with van der Waals surface area (Å²) in [4.78, 5) is 25.5. The zero-order valence-corrected chi connectivity index (χ0v) is 13.2. The van der Waals surface area contributed by atoms with Gasteiger partial charge in [0.2, 0.25) is 12.1 Å². The van der Waals surface area contributed by atoms with Crippen LogP contribution in [0.2, 0.25) is 0 Å². The molecule has 4 heteroatoms. The Bertz CT molecular complexity index is 851. The van der Waals surface area contributed by atoms with E-state index in [1.807, 2.05) is 30.3 Å². The van der Waals surface area contributed by atoms with Gasteiger partial charge in [0.1, 0.15) is 0 Å². The lowest BCUT2D eigenvalue weighted by atomic mass is 9.80. The Morgan fingerprint density at radius 2 is 1.54 bits per heavy atom. The molecular weight excluding hydrogens is 304 g/mol. The smallest absolute Gasteiger partial charge is 0.228 e. The Kier molecular flexibility index (Phi) is 3.54. The second-order valence-electron chi connectivity index (χ2n) is 5.95. The first-order valence-corrected chi connectivity index (χ1v) is 7.86. The highest BCUT2D eigenvalue weighted by Crippen LogP contribution is 2.41. The summed E-state index contributed by atoms with van der Waals surface area (Å²) in [6.07, 6.45) is -0.162. The number of allylic oxidation sites excluding steroid dienone is 2. The summed E-state index contributed by atoms with van der Waals surface area (Å²) < 4.78 is 11.3. The fourth-order valence-electron chi connectivity index (χ4n) is 3.42. The van der Waals surface area contributed by atoms with Crippen molar-refractivity contribution in [2.75, 3.05) is 7.11 Å². The third kappa shape index (κ3) is 2.19.